The van der Waals surface area contributed by atoms with E-state index in [0.29, 0.717) is 0 Å². The van der Waals surface area contributed by atoms with Crippen molar-refractivity contribution in [3.05, 3.63) is 47.3 Å². The average Bonchev–Trinajstić information content (AvgIpc) is 3.02. The van der Waals surface area contributed by atoms with Gasteiger partial charge in [0.15, 0.2) is 0 Å². The van der Waals surface area contributed by atoms with E-state index in [-0.39, 0.29) is 0 Å². The molecule has 5 heteroatoms. The van der Waals surface area contributed by atoms with Crippen molar-refractivity contribution in [3.63, 3.8) is 0 Å². The number of nitrogens with zero attached hydrogens (tertiary/aromatic N) is 4. The molecule has 4 rings (SSSR count). The van der Waals surface area contributed by atoms with Crippen molar-refractivity contribution < 1.29 is 4.74 Å². The van der Waals surface area contributed by atoms with Crippen LogP contribution in [0.15, 0.2) is 30.3 Å². The van der Waals surface area contributed by atoms with Gasteiger partial charge in [0.2, 0.25) is 0 Å². The molecule has 2 aliphatic heterocycles. The van der Waals surface area contributed by atoms with Crippen LogP contribution in [0.2, 0.25) is 0 Å². The number of aryl methyl sites for hydroxylation is 2. The highest BCUT2D eigenvalue weighted by atomic mass is 16.5. The molecule has 2 aliphatic rings. The minimum absolute atomic E-state index is 0.786. The van der Waals surface area contributed by atoms with Crippen molar-refractivity contribution in [3.8, 4) is 0 Å². The van der Waals surface area contributed by atoms with Crippen LogP contribution in [-0.4, -0.2) is 49.9 Å². The Bertz CT molecular complexity index is 698. The number of ether oxygens (including phenoxy) is 1. The van der Waals surface area contributed by atoms with Crippen LogP contribution in [0.4, 0.5) is 11.6 Å². The van der Waals surface area contributed by atoms with Gasteiger partial charge in [0.1, 0.15) is 17.5 Å². The van der Waals surface area contributed by atoms with Gasteiger partial charge in [0.25, 0.3) is 0 Å². The van der Waals surface area contributed by atoms with E-state index in [1.165, 1.54) is 11.1 Å². The predicted molar refractivity (Wildman–Crippen MR) is 95.9 cm³/mol. The summed E-state index contributed by atoms with van der Waals surface area (Å²) in [5, 5.41) is 0. The standard InChI is InChI=1S/C19H24N4O/c1-22-10-9-16-18(22)20-17(8-7-15-5-3-2-4-6-15)21-19(16)23-11-13-24-14-12-23/h2-6H,7-14H2,1H3. The lowest BCUT2D eigenvalue weighted by Gasteiger charge is -2.29. The van der Waals surface area contributed by atoms with E-state index in [9.17, 15) is 0 Å². The van der Waals surface area contributed by atoms with Gasteiger partial charge >= 0.3 is 0 Å². The van der Waals surface area contributed by atoms with Gasteiger partial charge in [0, 0.05) is 38.7 Å². The third kappa shape index (κ3) is 3.08. The Morgan fingerprint density at radius 3 is 2.50 bits per heavy atom. The Morgan fingerprint density at radius 2 is 1.71 bits per heavy atom. The molecule has 1 aromatic heterocycles. The lowest BCUT2D eigenvalue weighted by Crippen LogP contribution is -2.37. The summed E-state index contributed by atoms with van der Waals surface area (Å²) >= 11 is 0. The third-order valence-electron chi connectivity index (χ3n) is 4.86. The molecule has 24 heavy (non-hydrogen) atoms. The molecule has 0 N–H and O–H groups in total. The molecule has 0 aliphatic carbocycles. The number of benzene rings is 1. The smallest absolute Gasteiger partial charge is 0.137 e. The molecule has 126 valence electrons. The van der Waals surface area contributed by atoms with Gasteiger partial charge in [-0.05, 0) is 18.4 Å². The second-order valence-corrected chi connectivity index (χ2v) is 6.52. The van der Waals surface area contributed by atoms with Gasteiger partial charge in [-0.15, -0.1) is 0 Å². The van der Waals surface area contributed by atoms with Crippen molar-refractivity contribution in [2.45, 2.75) is 19.3 Å². The van der Waals surface area contributed by atoms with E-state index in [1.54, 1.807) is 0 Å². The summed E-state index contributed by atoms with van der Waals surface area (Å²) in [6.07, 6.45) is 2.89. The molecule has 0 amide bonds. The fraction of sp³-hybridized carbons (Fsp3) is 0.474. The second kappa shape index (κ2) is 6.77. The second-order valence-electron chi connectivity index (χ2n) is 6.52. The van der Waals surface area contributed by atoms with Crippen LogP contribution in [-0.2, 0) is 24.0 Å². The number of rotatable bonds is 4. The van der Waals surface area contributed by atoms with E-state index in [4.69, 9.17) is 14.7 Å². The molecule has 3 heterocycles. The van der Waals surface area contributed by atoms with Crippen LogP contribution in [0.1, 0.15) is 17.0 Å². The minimum atomic E-state index is 0.786. The van der Waals surface area contributed by atoms with E-state index < -0.39 is 0 Å². The van der Waals surface area contributed by atoms with E-state index in [2.05, 4.69) is 47.2 Å². The summed E-state index contributed by atoms with van der Waals surface area (Å²) in [5.74, 6) is 3.21. The monoisotopic (exact) mass is 324 g/mol. The summed E-state index contributed by atoms with van der Waals surface area (Å²) in [5.41, 5.74) is 2.64. The number of aromatic nitrogens is 2. The molecular weight excluding hydrogens is 300 g/mol. The molecule has 0 bridgehead atoms. The van der Waals surface area contributed by atoms with E-state index >= 15 is 0 Å². The lowest BCUT2D eigenvalue weighted by atomic mass is 10.1. The van der Waals surface area contributed by atoms with Gasteiger partial charge < -0.3 is 14.5 Å². The summed E-state index contributed by atoms with van der Waals surface area (Å²) in [6, 6.07) is 10.6. The molecule has 1 aromatic carbocycles. The summed E-state index contributed by atoms with van der Waals surface area (Å²) < 4.78 is 5.50. The Morgan fingerprint density at radius 1 is 0.958 bits per heavy atom. The number of fused-ring (bicyclic) bond motifs is 1. The summed E-state index contributed by atoms with van der Waals surface area (Å²) in [4.78, 5) is 14.4. The number of hydrogen-bond acceptors (Lipinski definition) is 5. The fourth-order valence-corrected chi connectivity index (χ4v) is 3.48. The van der Waals surface area contributed by atoms with E-state index in [1.807, 2.05) is 0 Å². The molecule has 0 atom stereocenters. The van der Waals surface area contributed by atoms with Gasteiger partial charge in [-0.2, -0.15) is 0 Å². The third-order valence-corrected chi connectivity index (χ3v) is 4.86. The maximum atomic E-state index is 5.50. The van der Waals surface area contributed by atoms with Crippen LogP contribution in [0, 0.1) is 0 Å². The Labute approximate surface area is 143 Å². The molecule has 0 radical (unpaired) electrons. The summed E-state index contributed by atoms with van der Waals surface area (Å²) in [7, 11) is 2.13. The first kappa shape index (κ1) is 15.4. The zero-order valence-electron chi connectivity index (χ0n) is 14.2. The molecule has 1 saturated heterocycles. The maximum absolute atomic E-state index is 5.50. The first-order chi connectivity index (χ1) is 11.8. The fourth-order valence-electron chi connectivity index (χ4n) is 3.48. The van der Waals surface area contributed by atoms with Crippen molar-refractivity contribution in [1.29, 1.82) is 0 Å². The number of morpholine rings is 1. The highest BCUT2D eigenvalue weighted by Crippen LogP contribution is 2.32. The zero-order valence-corrected chi connectivity index (χ0v) is 14.2. The molecule has 0 unspecified atom stereocenters. The molecule has 1 fully saturated rings. The topological polar surface area (TPSA) is 41.5 Å². The lowest BCUT2D eigenvalue weighted by molar-refractivity contribution is 0.122. The number of likely N-dealkylation sites (N-methyl/N-ethyl adjacent to an activating group) is 1. The van der Waals surface area contributed by atoms with Crippen molar-refractivity contribution >= 4 is 11.6 Å². The first-order valence-corrected chi connectivity index (χ1v) is 8.79. The first-order valence-electron chi connectivity index (χ1n) is 8.79. The SMILES string of the molecule is CN1CCc2c1nc(CCc1ccccc1)nc2N1CCOCC1. The van der Waals surface area contributed by atoms with Crippen molar-refractivity contribution in [2.24, 2.45) is 0 Å². The van der Waals surface area contributed by atoms with Gasteiger partial charge in [0.05, 0.1) is 13.2 Å². The van der Waals surface area contributed by atoms with Crippen LogP contribution < -0.4 is 9.80 Å². The van der Waals surface area contributed by atoms with Crippen LogP contribution in [0.25, 0.3) is 0 Å². The van der Waals surface area contributed by atoms with Crippen LogP contribution in [0.3, 0.4) is 0 Å². The highest BCUT2D eigenvalue weighted by molar-refractivity contribution is 5.64. The summed E-state index contributed by atoms with van der Waals surface area (Å²) in [6.45, 7) is 4.45. The van der Waals surface area contributed by atoms with Crippen molar-refractivity contribution in [1.82, 2.24) is 9.97 Å². The van der Waals surface area contributed by atoms with Gasteiger partial charge in [-0.1, -0.05) is 30.3 Å². The highest BCUT2D eigenvalue weighted by Gasteiger charge is 2.26. The molecule has 2 aromatic rings. The minimum Gasteiger partial charge on any atom is -0.378 e. The average molecular weight is 324 g/mol. The number of hydrogen-bond donors (Lipinski definition) is 0. The predicted octanol–water partition coefficient (Wildman–Crippen LogP) is 2.09. The molecule has 0 saturated carbocycles. The normalized spacial score (nSPS) is 17.2. The van der Waals surface area contributed by atoms with Gasteiger partial charge in [-0.3, -0.25) is 0 Å². The largest absolute Gasteiger partial charge is 0.378 e. The maximum Gasteiger partial charge on any atom is 0.137 e. The Balaban J connectivity index is 1.61. The molecule has 0 spiro atoms. The quantitative estimate of drug-likeness (QED) is 0.861. The molecular formula is C19H24N4O. The van der Waals surface area contributed by atoms with Gasteiger partial charge in [-0.25, -0.2) is 9.97 Å². The molecule has 5 nitrogen and oxygen atoms in total. The number of anilines is 2. The van der Waals surface area contributed by atoms with Crippen LogP contribution in [0.5, 0.6) is 0 Å². The van der Waals surface area contributed by atoms with Crippen molar-refractivity contribution in [2.75, 3.05) is 49.7 Å². The van der Waals surface area contributed by atoms with E-state index in [0.717, 1.165) is 69.6 Å². The Kier molecular flexibility index (Phi) is 4.34. The van der Waals surface area contributed by atoms with Crippen LogP contribution >= 0.6 is 0 Å². The Hall–Kier alpha value is -2.14. The zero-order chi connectivity index (χ0) is 16.4.